The number of aromatic amines is 1. The number of hydrogen-bond donors (Lipinski definition) is 3. The number of nitrogens with one attached hydrogen (secondary N) is 3. The van der Waals surface area contributed by atoms with Crippen molar-refractivity contribution in [1.82, 2.24) is 25.1 Å². The number of benzene rings is 2. The summed E-state index contributed by atoms with van der Waals surface area (Å²) in [5.74, 6) is 0.316. The zero-order valence-corrected chi connectivity index (χ0v) is 16.7. The zero-order chi connectivity index (χ0) is 20.5. The molecule has 8 heteroatoms. The van der Waals surface area contributed by atoms with Gasteiger partial charge in [-0.1, -0.05) is 6.07 Å². The maximum absolute atomic E-state index is 12.9. The van der Waals surface area contributed by atoms with Crippen LogP contribution in [0.4, 0.5) is 17.2 Å². The highest BCUT2D eigenvalue weighted by atomic mass is 16.1. The van der Waals surface area contributed by atoms with Crippen molar-refractivity contribution in [1.29, 1.82) is 0 Å². The van der Waals surface area contributed by atoms with E-state index in [1.54, 1.807) is 17.8 Å². The van der Waals surface area contributed by atoms with Crippen LogP contribution in [0.15, 0.2) is 59.7 Å². The number of nitrogens with zero attached hydrogens (tertiary/aromatic N) is 4. The highest BCUT2D eigenvalue weighted by molar-refractivity contribution is 5.83. The molecule has 5 rings (SSSR count). The molecule has 2 aromatic heterocycles. The van der Waals surface area contributed by atoms with Gasteiger partial charge in [0.2, 0.25) is 0 Å². The van der Waals surface area contributed by atoms with Gasteiger partial charge in [-0.3, -0.25) is 9.89 Å². The van der Waals surface area contributed by atoms with Crippen molar-refractivity contribution in [2.45, 2.75) is 0 Å². The maximum Gasteiger partial charge on any atom is 0.293 e. The highest BCUT2D eigenvalue weighted by Crippen LogP contribution is 2.24. The second-order valence-electron chi connectivity index (χ2n) is 7.42. The number of H-pyrrole nitrogens is 1. The normalized spacial score (nSPS) is 14.2. The third-order valence-electron chi connectivity index (χ3n) is 5.52. The molecule has 0 spiro atoms. The van der Waals surface area contributed by atoms with Crippen molar-refractivity contribution in [3.63, 3.8) is 0 Å². The van der Waals surface area contributed by atoms with Crippen LogP contribution >= 0.6 is 0 Å². The van der Waals surface area contributed by atoms with Gasteiger partial charge in [-0.15, -0.1) is 0 Å². The molecule has 0 atom stereocenters. The molecule has 0 bridgehead atoms. The molecule has 1 aliphatic heterocycles. The van der Waals surface area contributed by atoms with Crippen molar-refractivity contribution in [3.05, 3.63) is 65.2 Å². The fraction of sp³-hybridized carbons (Fsp3) is 0.227. The van der Waals surface area contributed by atoms with Crippen molar-refractivity contribution in [3.8, 4) is 11.1 Å². The molecule has 30 heavy (non-hydrogen) atoms. The number of rotatable bonds is 4. The number of anilines is 3. The van der Waals surface area contributed by atoms with E-state index >= 15 is 0 Å². The molecule has 0 aliphatic carbocycles. The molecule has 0 amide bonds. The van der Waals surface area contributed by atoms with Gasteiger partial charge in [-0.05, 0) is 42.0 Å². The minimum absolute atomic E-state index is 0.168. The molecule has 3 heterocycles. The second kappa shape index (κ2) is 7.64. The summed E-state index contributed by atoms with van der Waals surface area (Å²) < 4.78 is 1.63. The first-order chi connectivity index (χ1) is 14.7. The lowest BCUT2D eigenvalue weighted by Gasteiger charge is -2.29. The van der Waals surface area contributed by atoms with Gasteiger partial charge in [0.25, 0.3) is 5.56 Å². The van der Waals surface area contributed by atoms with Crippen molar-refractivity contribution in [2.24, 2.45) is 7.05 Å². The first kappa shape index (κ1) is 18.4. The van der Waals surface area contributed by atoms with Crippen LogP contribution in [0.2, 0.25) is 0 Å². The maximum atomic E-state index is 12.9. The van der Waals surface area contributed by atoms with Crippen LogP contribution in [0.25, 0.3) is 22.2 Å². The molecule has 4 aromatic rings. The molecule has 0 saturated carbocycles. The molecular weight excluding hydrogens is 378 g/mol. The third-order valence-corrected chi connectivity index (χ3v) is 5.52. The molecular formula is C22H23N7O. The Morgan fingerprint density at radius 3 is 2.57 bits per heavy atom. The Kier molecular flexibility index (Phi) is 4.68. The van der Waals surface area contributed by atoms with E-state index in [9.17, 15) is 4.79 Å². The topological polar surface area (TPSA) is 90.9 Å². The summed E-state index contributed by atoms with van der Waals surface area (Å²) in [7, 11) is 1.77. The van der Waals surface area contributed by atoms with Crippen LogP contribution in [0.3, 0.4) is 0 Å². The fourth-order valence-electron chi connectivity index (χ4n) is 3.81. The number of aromatic nitrogens is 4. The van der Waals surface area contributed by atoms with Crippen LogP contribution in [0, 0.1) is 0 Å². The molecule has 2 aromatic carbocycles. The van der Waals surface area contributed by atoms with Gasteiger partial charge in [-0.2, -0.15) is 5.10 Å². The Morgan fingerprint density at radius 2 is 1.83 bits per heavy atom. The van der Waals surface area contributed by atoms with Gasteiger partial charge in [0.05, 0.1) is 17.2 Å². The summed E-state index contributed by atoms with van der Waals surface area (Å²) in [4.78, 5) is 19.8. The fourth-order valence-corrected chi connectivity index (χ4v) is 3.81. The van der Waals surface area contributed by atoms with Crippen LogP contribution < -0.4 is 21.1 Å². The van der Waals surface area contributed by atoms with Gasteiger partial charge in [-0.25, -0.2) is 4.98 Å². The Labute approximate surface area is 173 Å². The molecule has 8 nitrogen and oxygen atoms in total. The second-order valence-corrected chi connectivity index (χ2v) is 7.42. The number of aryl methyl sites for hydroxylation is 1. The molecule has 1 saturated heterocycles. The number of fused-ring (bicyclic) bond motifs is 1. The minimum Gasteiger partial charge on any atom is -0.369 e. The van der Waals surface area contributed by atoms with Gasteiger partial charge in [0, 0.05) is 56.4 Å². The summed E-state index contributed by atoms with van der Waals surface area (Å²) in [5.41, 5.74) is 5.34. The van der Waals surface area contributed by atoms with Crippen molar-refractivity contribution in [2.75, 3.05) is 36.4 Å². The SMILES string of the molecule is Cn1c(=O)c(Nc2ccc(N3CCNCC3)cc2)nc2ccc(-c3cn[nH]c3)cc21. The lowest BCUT2D eigenvalue weighted by atomic mass is 10.1. The lowest BCUT2D eigenvalue weighted by molar-refractivity contribution is 0.589. The molecule has 0 unspecified atom stereocenters. The van der Waals surface area contributed by atoms with E-state index in [1.165, 1.54) is 5.69 Å². The Morgan fingerprint density at radius 1 is 1.03 bits per heavy atom. The van der Waals surface area contributed by atoms with E-state index in [0.717, 1.165) is 54.0 Å². The largest absolute Gasteiger partial charge is 0.369 e. The Balaban J connectivity index is 1.43. The third kappa shape index (κ3) is 3.42. The summed E-state index contributed by atoms with van der Waals surface area (Å²) in [6.45, 7) is 4.00. The standard InChI is InChI=1S/C22H23N7O/c1-28-20-12-15(16-13-24-25-14-16)2-7-19(20)27-21(22(28)30)26-17-3-5-18(6-4-17)29-10-8-23-9-11-29/h2-7,12-14,23H,8-11H2,1H3,(H,24,25)(H,26,27). The van der Waals surface area contributed by atoms with Crippen molar-refractivity contribution < 1.29 is 0 Å². The molecule has 0 radical (unpaired) electrons. The van der Waals surface area contributed by atoms with Gasteiger partial charge < -0.3 is 20.1 Å². The number of hydrogen-bond acceptors (Lipinski definition) is 6. The van der Waals surface area contributed by atoms with Crippen LogP contribution in [0.5, 0.6) is 0 Å². The smallest absolute Gasteiger partial charge is 0.293 e. The molecule has 152 valence electrons. The van der Waals surface area contributed by atoms with Crippen LogP contribution in [-0.2, 0) is 7.05 Å². The van der Waals surface area contributed by atoms with Gasteiger partial charge >= 0.3 is 0 Å². The summed E-state index contributed by atoms with van der Waals surface area (Å²) in [6, 6.07) is 14.0. The molecule has 3 N–H and O–H groups in total. The van der Waals surface area contributed by atoms with E-state index in [-0.39, 0.29) is 5.56 Å². The van der Waals surface area contributed by atoms with Crippen molar-refractivity contribution >= 4 is 28.2 Å². The summed E-state index contributed by atoms with van der Waals surface area (Å²) in [5, 5.41) is 13.4. The van der Waals surface area contributed by atoms with Gasteiger partial charge in [0.1, 0.15) is 0 Å². The molecule has 1 fully saturated rings. The predicted octanol–water partition coefficient (Wildman–Crippen LogP) is 2.48. The average molecular weight is 401 g/mol. The summed E-state index contributed by atoms with van der Waals surface area (Å²) in [6.07, 6.45) is 3.58. The van der Waals surface area contributed by atoms with Crippen LogP contribution in [0.1, 0.15) is 0 Å². The van der Waals surface area contributed by atoms with E-state index < -0.39 is 0 Å². The number of piperazine rings is 1. The quantitative estimate of drug-likeness (QED) is 0.487. The van der Waals surface area contributed by atoms with Gasteiger partial charge in [0.15, 0.2) is 5.82 Å². The Bertz CT molecular complexity index is 1220. The van der Waals surface area contributed by atoms with E-state index in [2.05, 4.69) is 42.8 Å². The average Bonchev–Trinajstić information content (AvgIpc) is 3.33. The van der Waals surface area contributed by atoms with Crippen LogP contribution in [-0.4, -0.2) is 45.9 Å². The first-order valence-electron chi connectivity index (χ1n) is 10.0. The predicted molar refractivity (Wildman–Crippen MR) is 119 cm³/mol. The first-order valence-corrected chi connectivity index (χ1v) is 10.0. The highest BCUT2D eigenvalue weighted by Gasteiger charge is 2.12. The minimum atomic E-state index is -0.168. The van der Waals surface area contributed by atoms with E-state index in [4.69, 9.17) is 0 Å². The Hall–Kier alpha value is -3.65. The van der Waals surface area contributed by atoms with E-state index in [1.807, 2.05) is 36.5 Å². The molecule has 1 aliphatic rings. The monoisotopic (exact) mass is 401 g/mol. The lowest BCUT2D eigenvalue weighted by Crippen LogP contribution is -2.43. The summed E-state index contributed by atoms with van der Waals surface area (Å²) >= 11 is 0. The zero-order valence-electron chi connectivity index (χ0n) is 16.7. The van der Waals surface area contributed by atoms with E-state index in [0.29, 0.717) is 5.82 Å².